The topological polar surface area (TPSA) is 3.24 Å². The molecule has 1 nitrogen and oxygen atoms in total. The first-order valence-electron chi connectivity index (χ1n) is 9.07. The minimum Gasteiger partial charge on any atom is -0.304 e. The molecule has 0 saturated carbocycles. The van der Waals surface area contributed by atoms with E-state index in [0.29, 0.717) is 0 Å². The smallest absolute Gasteiger partial charge is 0.00189 e. The first-order chi connectivity index (χ1) is 9.35. The van der Waals surface area contributed by atoms with Crippen molar-refractivity contribution in [1.82, 2.24) is 4.90 Å². The molecular formula is C18H39N. The zero-order chi connectivity index (χ0) is 14.2. The number of rotatable bonds is 15. The molecule has 0 fully saturated rings. The van der Waals surface area contributed by atoms with Gasteiger partial charge in [0.15, 0.2) is 0 Å². The van der Waals surface area contributed by atoms with Gasteiger partial charge in [0.2, 0.25) is 0 Å². The third kappa shape index (κ3) is 14.2. The summed E-state index contributed by atoms with van der Waals surface area (Å²) < 4.78 is 0. The Balaban J connectivity index is 3.16. The molecule has 1 heteroatoms. The third-order valence-corrected chi connectivity index (χ3v) is 4.10. The van der Waals surface area contributed by atoms with E-state index in [4.69, 9.17) is 0 Å². The second-order valence-electron chi connectivity index (χ2n) is 5.97. The van der Waals surface area contributed by atoms with Gasteiger partial charge in [0.25, 0.3) is 0 Å². The molecule has 0 radical (unpaired) electrons. The predicted octanol–water partition coefficient (Wildman–Crippen LogP) is 6.03. The number of hydrogen-bond donors (Lipinski definition) is 0. The summed E-state index contributed by atoms with van der Waals surface area (Å²) in [6.45, 7) is 10.7. The maximum atomic E-state index is 2.62. The minimum absolute atomic E-state index is 1.23. The van der Waals surface area contributed by atoms with Gasteiger partial charge in [0.1, 0.15) is 0 Å². The largest absolute Gasteiger partial charge is 0.304 e. The van der Waals surface area contributed by atoms with Crippen molar-refractivity contribution in [2.45, 2.75) is 97.8 Å². The second-order valence-corrected chi connectivity index (χ2v) is 5.97. The van der Waals surface area contributed by atoms with E-state index in [1.807, 2.05) is 0 Å². The SMILES string of the molecule is CCCCCCCCCCCCN(CC)CCCC. The van der Waals surface area contributed by atoms with Gasteiger partial charge in [0, 0.05) is 0 Å². The van der Waals surface area contributed by atoms with E-state index in [-0.39, 0.29) is 0 Å². The van der Waals surface area contributed by atoms with Gasteiger partial charge in [-0.3, -0.25) is 0 Å². The molecule has 0 heterocycles. The van der Waals surface area contributed by atoms with Crippen LogP contribution in [0.15, 0.2) is 0 Å². The van der Waals surface area contributed by atoms with E-state index in [0.717, 1.165) is 0 Å². The fourth-order valence-electron chi connectivity index (χ4n) is 2.63. The van der Waals surface area contributed by atoms with Gasteiger partial charge in [-0.25, -0.2) is 0 Å². The highest BCUT2D eigenvalue weighted by atomic mass is 15.1. The second kappa shape index (κ2) is 16.0. The van der Waals surface area contributed by atoms with Crippen molar-refractivity contribution >= 4 is 0 Å². The molecule has 0 saturated heterocycles. The lowest BCUT2D eigenvalue weighted by Gasteiger charge is -2.19. The normalized spacial score (nSPS) is 11.4. The maximum Gasteiger partial charge on any atom is -0.00189 e. The van der Waals surface area contributed by atoms with E-state index in [2.05, 4.69) is 25.7 Å². The van der Waals surface area contributed by atoms with Gasteiger partial charge in [-0.1, -0.05) is 85.0 Å². The summed E-state index contributed by atoms with van der Waals surface area (Å²) in [5, 5.41) is 0. The molecular weight excluding hydrogens is 230 g/mol. The van der Waals surface area contributed by atoms with Crippen molar-refractivity contribution in [2.24, 2.45) is 0 Å². The van der Waals surface area contributed by atoms with Crippen LogP contribution in [0.4, 0.5) is 0 Å². The zero-order valence-electron chi connectivity index (χ0n) is 14.1. The van der Waals surface area contributed by atoms with Crippen LogP contribution >= 0.6 is 0 Å². The van der Waals surface area contributed by atoms with Gasteiger partial charge < -0.3 is 4.90 Å². The zero-order valence-corrected chi connectivity index (χ0v) is 14.1. The third-order valence-electron chi connectivity index (χ3n) is 4.10. The standard InChI is InChI=1S/C18H39N/c1-4-7-9-10-11-12-13-14-15-16-18-19(6-3)17-8-5-2/h4-18H2,1-3H3. The molecule has 0 aromatic rings. The van der Waals surface area contributed by atoms with Crippen molar-refractivity contribution in [3.8, 4) is 0 Å². The molecule has 0 spiro atoms. The highest BCUT2D eigenvalue weighted by Gasteiger charge is 2.00. The molecule has 0 N–H and O–H groups in total. The van der Waals surface area contributed by atoms with Gasteiger partial charge in [-0.15, -0.1) is 0 Å². The molecule has 0 amide bonds. The number of nitrogens with zero attached hydrogens (tertiary/aromatic N) is 1. The summed E-state index contributed by atoms with van der Waals surface area (Å²) in [5.74, 6) is 0. The Morgan fingerprint density at radius 1 is 0.474 bits per heavy atom. The van der Waals surface area contributed by atoms with E-state index < -0.39 is 0 Å². The molecule has 0 aromatic heterocycles. The van der Waals surface area contributed by atoms with Crippen molar-refractivity contribution in [1.29, 1.82) is 0 Å². The van der Waals surface area contributed by atoms with Crippen LogP contribution in [0, 0.1) is 0 Å². The predicted molar refractivity (Wildman–Crippen MR) is 88.9 cm³/mol. The molecule has 0 aromatic carbocycles. The van der Waals surface area contributed by atoms with Crippen LogP contribution in [0.25, 0.3) is 0 Å². The van der Waals surface area contributed by atoms with Gasteiger partial charge in [0.05, 0.1) is 0 Å². The quantitative estimate of drug-likeness (QED) is 0.328. The highest BCUT2D eigenvalue weighted by molar-refractivity contribution is 4.56. The Bertz CT molecular complexity index is 156. The maximum absolute atomic E-state index is 2.62. The Labute approximate surface area is 123 Å². The first-order valence-corrected chi connectivity index (χ1v) is 9.07. The Hall–Kier alpha value is -0.0400. The lowest BCUT2D eigenvalue weighted by molar-refractivity contribution is 0.276. The summed E-state index contributed by atoms with van der Waals surface area (Å²) in [5.41, 5.74) is 0. The molecule has 0 aliphatic heterocycles. The van der Waals surface area contributed by atoms with E-state index >= 15 is 0 Å². The van der Waals surface area contributed by atoms with Gasteiger partial charge in [-0.2, -0.15) is 0 Å². The molecule has 0 aliphatic rings. The molecule has 0 aliphatic carbocycles. The van der Waals surface area contributed by atoms with Crippen LogP contribution in [0.2, 0.25) is 0 Å². The molecule has 116 valence electrons. The van der Waals surface area contributed by atoms with Crippen LogP contribution in [-0.2, 0) is 0 Å². The fraction of sp³-hybridized carbons (Fsp3) is 1.00. The molecule has 19 heavy (non-hydrogen) atoms. The number of hydrogen-bond acceptors (Lipinski definition) is 1. The van der Waals surface area contributed by atoms with Gasteiger partial charge in [-0.05, 0) is 32.5 Å². The lowest BCUT2D eigenvalue weighted by atomic mass is 10.1. The van der Waals surface area contributed by atoms with Crippen molar-refractivity contribution in [3.05, 3.63) is 0 Å². The van der Waals surface area contributed by atoms with Crippen molar-refractivity contribution < 1.29 is 0 Å². The van der Waals surface area contributed by atoms with E-state index in [1.165, 1.54) is 96.7 Å². The van der Waals surface area contributed by atoms with Crippen molar-refractivity contribution in [3.63, 3.8) is 0 Å². The van der Waals surface area contributed by atoms with Crippen molar-refractivity contribution in [2.75, 3.05) is 19.6 Å². The summed E-state index contributed by atoms with van der Waals surface area (Å²) in [4.78, 5) is 2.62. The Kier molecular flexibility index (Phi) is 16.0. The van der Waals surface area contributed by atoms with Crippen LogP contribution in [0.3, 0.4) is 0 Å². The summed E-state index contributed by atoms with van der Waals surface area (Å²) >= 11 is 0. The molecule has 0 bridgehead atoms. The summed E-state index contributed by atoms with van der Waals surface area (Å²) in [6.07, 6.45) is 17.1. The monoisotopic (exact) mass is 269 g/mol. The van der Waals surface area contributed by atoms with Crippen LogP contribution in [-0.4, -0.2) is 24.5 Å². The average molecular weight is 270 g/mol. The Morgan fingerprint density at radius 3 is 1.37 bits per heavy atom. The summed E-state index contributed by atoms with van der Waals surface area (Å²) in [6, 6.07) is 0. The lowest BCUT2D eigenvalue weighted by Crippen LogP contribution is -2.25. The van der Waals surface area contributed by atoms with Crippen LogP contribution < -0.4 is 0 Å². The molecule has 0 unspecified atom stereocenters. The highest BCUT2D eigenvalue weighted by Crippen LogP contribution is 2.10. The fourth-order valence-corrected chi connectivity index (χ4v) is 2.63. The van der Waals surface area contributed by atoms with Crippen LogP contribution in [0.1, 0.15) is 97.8 Å². The summed E-state index contributed by atoms with van der Waals surface area (Å²) in [7, 11) is 0. The van der Waals surface area contributed by atoms with Crippen LogP contribution in [0.5, 0.6) is 0 Å². The van der Waals surface area contributed by atoms with Gasteiger partial charge >= 0.3 is 0 Å². The van der Waals surface area contributed by atoms with E-state index in [9.17, 15) is 0 Å². The number of unbranched alkanes of at least 4 members (excludes halogenated alkanes) is 10. The first kappa shape index (κ1) is 19.0. The average Bonchev–Trinajstić information content (AvgIpc) is 2.44. The molecule has 0 rings (SSSR count). The minimum atomic E-state index is 1.23. The van der Waals surface area contributed by atoms with E-state index in [1.54, 1.807) is 0 Å². The Morgan fingerprint density at radius 2 is 0.895 bits per heavy atom. The molecule has 0 atom stereocenters.